The van der Waals surface area contributed by atoms with Gasteiger partial charge in [0.15, 0.2) is 0 Å². The van der Waals surface area contributed by atoms with E-state index in [2.05, 4.69) is 15.5 Å². The zero-order valence-corrected chi connectivity index (χ0v) is 16.8. The van der Waals surface area contributed by atoms with E-state index in [-0.39, 0.29) is 11.1 Å². The minimum Gasteiger partial charge on any atom is -0.497 e. The Kier molecular flexibility index (Phi) is 6.36. The topological polar surface area (TPSA) is 110 Å². The monoisotopic (exact) mass is 410 g/mol. The van der Waals surface area contributed by atoms with Crippen LogP contribution in [-0.2, 0) is 4.79 Å². The molecule has 2 aromatic carbocycles. The number of amides is 1. The van der Waals surface area contributed by atoms with Crippen LogP contribution in [0.15, 0.2) is 52.1 Å². The number of nitrogens with zero attached hydrogens (tertiary/aromatic N) is 3. The largest absolute Gasteiger partial charge is 0.497 e. The number of carbonyl (C=O) groups excluding carboxylic acids is 1. The van der Waals surface area contributed by atoms with Gasteiger partial charge in [0.05, 0.1) is 31.1 Å². The molecule has 29 heavy (non-hydrogen) atoms. The number of aromatic nitrogens is 2. The predicted molar refractivity (Wildman–Crippen MR) is 108 cm³/mol. The molecule has 0 saturated carbocycles. The van der Waals surface area contributed by atoms with E-state index < -0.39 is 5.25 Å². The minimum absolute atomic E-state index is 0.220. The Morgan fingerprint density at radius 2 is 1.79 bits per heavy atom. The molecular formula is C20H18N4O4S. The van der Waals surface area contributed by atoms with Crippen LogP contribution in [0.25, 0.3) is 11.5 Å². The Hall–Kier alpha value is -3.51. The fourth-order valence-electron chi connectivity index (χ4n) is 2.38. The summed E-state index contributed by atoms with van der Waals surface area (Å²) in [5.41, 5.74) is 1.78. The van der Waals surface area contributed by atoms with Crippen molar-refractivity contribution in [3.8, 4) is 29.0 Å². The third kappa shape index (κ3) is 5.06. The maximum absolute atomic E-state index is 12.4. The lowest BCUT2D eigenvalue weighted by Crippen LogP contribution is -2.22. The van der Waals surface area contributed by atoms with Gasteiger partial charge in [-0.25, -0.2) is 0 Å². The van der Waals surface area contributed by atoms with Crippen LogP contribution in [-0.4, -0.2) is 35.6 Å². The van der Waals surface area contributed by atoms with Crippen molar-refractivity contribution >= 4 is 23.4 Å². The molecule has 0 aliphatic heterocycles. The van der Waals surface area contributed by atoms with Gasteiger partial charge in [-0.2, -0.15) is 5.26 Å². The SMILES string of the molecule is COc1cc(OC)cc(-c2nnc(S[C@H](C)C(=O)Nc3ccc(C#N)cc3)o2)c1. The summed E-state index contributed by atoms with van der Waals surface area (Å²) >= 11 is 1.15. The molecule has 1 aromatic heterocycles. The first-order valence-electron chi connectivity index (χ1n) is 8.57. The highest BCUT2D eigenvalue weighted by atomic mass is 32.2. The molecule has 148 valence electrons. The Labute approximate surface area is 171 Å². The smallest absolute Gasteiger partial charge is 0.277 e. The summed E-state index contributed by atoms with van der Waals surface area (Å²) in [7, 11) is 3.11. The highest BCUT2D eigenvalue weighted by Gasteiger charge is 2.19. The first-order valence-corrected chi connectivity index (χ1v) is 9.45. The molecule has 1 atom stereocenters. The highest BCUT2D eigenvalue weighted by molar-refractivity contribution is 8.00. The fraction of sp³-hybridized carbons (Fsp3) is 0.200. The third-order valence-corrected chi connectivity index (χ3v) is 4.87. The Morgan fingerprint density at radius 3 is 2.38 bits per heavy atom. The van der Waals surface area contributed by atoms with E-state index in [9.17, 15) is 4.79 Å². The molecule has 3 aromatic rings. The third-order valence-electron chi connectivity index (χ3n) is 3.93. The summed E-state index contributed by atoms with van der Waals surface area (Å²) in [6.07, 6.45) is 0. The number of nitriles is 1. The molecule has 0 bridgehead atoms. The van der Waals surface area contributed by atoms with Gasteiger partial charge in [0, 0.05) is 17.3 Å². The number of anilines is 1. The van der Waals surface area contributed by atoms with Crippen molar-refractivity contribution < 1.29 is 18.7 Å². The van der Waals surface area contributed by atoms with Crippen LogP contribution in [0.4, 0.5) is 5.69 Å². The molecule has 3 rings (SSSR count). The molecule has 8 nitrogen and oxygen atoms in total. The zero-order valence-electron chi connectivity index (χ0n) is 16.0. The zero-order chi connectivity index (χ0) is 20.8. The number of nitrogens with one attached hydrogen (secondary N) is 1. The average molecular weight is 410 g/mol. The lowest BCUT2D eigenvalue weighted by atomic mass is 10.2. The highest BCUT2D eigenvalue weighted by Crippen LogP contribution is 2.31. The van der Waals surface area contributed by atoms with Crippen molar-refractivity contribution in [1.29, 1.82) is 5.26 Å². The molecule has 1 amide bonds. The molecular weight excluding hydrogens is 392 g/mol. The Bertz CT molecular complexity index is 1020. The van der Waals surface area contributed by atoms with E-state index in [1.165, 1.54) is 0 Å². The second-order valence-electron chi connectivity index (χ2n) is 5.91. The van der Waals surface area contributed by atoms with Crippen LogP contribution in [0.2, 0.25) is 0 Å². The van der Waals surface area contributed by atoms with Gasteiger partial charge in [-0.05, 0) is 43.3 Å². The number of rotatable bonds is 7. The van der Waals surface area contributed by atoms with Gasteiger partial charge in [-0.1, -0.05) is 11.8 Å². The van der Waals surface area contributed by atoms with Gasteiger partial charge in [-0.3, -0.25) is 4.79 Å². The molecule has 0 aliphatic carbocycles. The maximum atomic E-state index is 12.4. The quantitative estimate of drug-likeness (QED) is 0.587. The van der Waals surface area contributed by atoms with Crippen molar-refractivity contribution in [2.45, 2.75) is 17.4 Å². The maximum Gasteiger partial charge on any atom is 0.277 e. The molecule has 0 spiro atoms. The Balaban J connectivity index is 1.67. The average Bonchev–Trinajstić information content (AvgIpc) is 3.22. The molecule has 0 fully saturated rings. The first-order chi connectivity index (χ1) is 14.0. The number of ether oxygens (including phenoxy) is 2. The lowest BCUT2D eigenvalue weighted by Gasteiger charge is -2.09. The fourth-order valence-corrected chi connectivity index (χ4v) is 3.07. The molecule has 1 N–H and O–H groups in total. The summed E-state index contributed by atoms with van der Waals surface area (Å²) in [6.45, 7) is 1.74. The summed E-state index contributed by atoms with van der Waals surface area (Å²) in [5, 5.41) is 19.5. The number of carbonyl (C=O) groups is 1. The number of thioether (sulfide) groups is 1. The van der Waals surface area contributed by atoms with Crippen LogP contribution in [0.1, 0.15) is 12.5 Å². The van der Waals surface area contributed by atoms with Gasteiger partial charge in [-0.15, -0.1) is 10.2 Å². The summed E-state index contributed by atoms with van der Waals surface area (Å²) in [6, 6.07) is 13.9. The van der Waals surface area contributed by atoms with Crippen LogP contribution in [0.5, 0.6) is 11.5 Å². The van der Waals surface area contributed by atoms with E-state index in [0.717, 1.165) is 11.8 Å². The van der Waals surface area contributed by atoms with Crippen LogP contribution in [0.3, 0.4) is 0 Å². The predicted octanol–water partition coefficient (Wildman–Crippen LogP) is 3.74. The van der Waals surface area contributed by atoms with Gasteiger partial charge >= 0.3 is 0 Å². The van der Waals surface area contributed by atoms with Gasteiger partial charge in [0.2, 0.25) is 11.8 Å². The molecule has 0 radical (unpaired) electrons. The van der Waals surface area contributed by atoms with E-state index in [0.29, 0.717) is 34.2 Å². The molecule has 0 unspecified atom stereocenters. The van der Waals surface area contributed by atoms with Gasteiger partial charge in [0.25, 0.3) is 5.22 Å². The summed E-state index contributed by atoms with van der Waals surface area (Å²) in [5.74, 6) is 1.27. The number of methoxy groups -OCH3 is 2. The van der Waals surface area contributed by atoms with Crippen molar-refractivity contribution in [2.24, 2.45) is 0 Å². The van der Waals surface area contributed by atoms with Crippen LogP contribution >= 0.6 is 11.8 Å². The van der Waals surface area contributed by atoms with Crippen LogP contribution < -0.4 is 14.8 Å². The molecule has 1 heterocycles. The summed E-state index contributed by atoms with van der Waals surface area (Å²) in [4.78, 5) is 12.4. The van der Waals surface area contributed by atoms with Crippen molar-refractivity contribution in [1.82, 2.24) is 10.2 Å². The van der Waals surface area contributed by atoms with Gasteiger partial charge in [0.1, 0.15) is 11.5 Å². The molecule has 0 aliphatic rings. The van der Waals surface area contributed by atoms with Crippen LogP contribution in [0, 0.1) is 11.3 Å². The standard InChI is InChI=1S/C20H18N4O4S/c1-12(18(25)22-15-6-4-13(11-21)5-7-15)29-20-24-23-19(28-20)14-8-16(26-2)10-17(9-14)27-3/h4-10,12H,1-3H3,(H,22,25)/t12-/m1/s1. The lowest BCUT2D eigenvalue weighted by molar-refractivity contribution is -0.115. The van der Waals surface area contributed by atoms with Gasteiger partial charge < -0.3 is 19.2 Å². The van der Waals surface area contributed by atoms with E-state index in [1.807, 2.05) is 6.07 Å². The van der Waals surface area contributed by atoms with E-state index in [1.54, 1.807) is 63.6 Å². The normalized spacial score (nSPS) is 11.4. The second kappa shape index (κ2) is 9.12. The molecule has 9 heteroatoms. The Morgan fingerprint density at radius 1 is 1.14 bits per heavy atom. The first kappa shape index (κ1) is 20.2. The minimum atomic E-state index is -0.473. The molecule has 0 saturated heterocycles. The summed E-state index contributed by atoms with van der Waals surface area (Å²) < 4.78 is 16.2. The van der Waals surface area contributed by atoms with Crippen molar-refractivity contribution in [3.63, 3.8) is 0 Å². The number of benzene rings is 2. The van der Waals surface area contributed by atoms with Crippen molar-refractivity contribution in [3.05, 3.63) is 48.0 Å². The number of hydrogen-bond acceptors (Lipinski definition) is 8. The van der Waals surface area contributed by atoms with Crippen molar-refractivity contribution in [2.75, 3.05) is 19.5 Å². The van der Waals surface area contributed by atoms with E-state index in [4.69, 9.17) is 19.2 Å². The number of hydrogen-bond donors (Lipinski definition) is 1. The second-order valence-corrected chi connectivity index (χ2v) is 7.20. The van der Waals surface area contributed by atoms with E-state index >= 15 is 0 Å².